The molecule has 1 aromatic heterocycles. The summed E-state index contributed by atoms with van der Waals surface area (Å²) in [5.74, 6) is -0.581. The van der Waals surface area contributed by atoms with Crippen LogP contribution in [-0.4, -0.2) is 15.1 Å². The van der Waals surface area contributed by atoms with E-state index < -0.39 is 5.82 Å². The Bertz CT molecular complexity index is 445. The summed E-state index contributed by atoms with van der Waals surface area (Å²) in [5, 5.41) is 9.45. The number of aromatic nitrogens is 2. The fourth-order valence-corrected chi connectivity index (χ4v) is 1.19. The van der Waals surface area contributed by atoms with Gasteiger partial charge in [0.15, 0.2) is 0 Å². The molecule has 4 heteroatoms. The molecular weight excluding hydrogens is 183 g/mol. The predicted molar refractivity (Wildman–Crippen MR) is 49.1 cm³/mol. The molecule has 1 N–H and O–H groups in total. The molecule has 2 rings (SSSR count). The molecule has 1 aromatic carbocycles. The Morgan fingerprint density at radius 2 is 1.86 bits per heavy atom. The molecule has 0 fully saturated rings. The van der Waals surface area contributed by atoms with Crippen LogP contribution in [0.1, 0.15) is 0 Å². The Morgan fingerprint density at radius 1 is 1.14 bits per heavy atom. The molecule has 3 nitrogen and oxygen atoms in total. The van der Waals surface area contributed by atoms with Crippen molar-refractivity contribution in [2.75, 3.05) is 0 Å². The quantitative estimate of drug-likeness (QED) is 0.747. The molecule has 0 bridgehead atoms. The van der Waals surface area contributed by atoms with Gasteiger partial charge in [0, 0.05) is 29.6 Å². The van der Waals surface area contributed by atoms with E-state index in [-0.39, 0.29) is 5.75 Å². The number of phenolic OH excluding ortho intramolecular Hbond substituents is 1. The molecule has 0 radical (unpaired) electrons. The highest BCUT2D eigenvalue weighted by molar-refractivity contribution is 5.68. The van der Waals surface area contributed by atoms with E-state index in [4.69, 9.17) is 0 Å². The van der Waals surface area contributed by atoms with Gasteiger partial charge in [-0.2, -0.15) is 0 Å². The van der Waals surface area contributed by atoms with Crippen molar-refractivity contribution in [3.8, 4) is 16.9 Å². The van der Waals surface area contributed by atoms with Crippen molar-refractivity contribution in [1.29, 1.82) is 0 Å². The van der Waals surface area contributed by atoms with Crippen LogP contribution in [0.15, 0.2) is 36.9 Å². The van der Waals surface area contributed by atoms with Crippen molar-refractivity contribution in [2.24, 2.45) is 0 Å². The molecule has 1 heterocycles. The molecular formula is C10H7FN2O. The fraction of sp³-hybridized carbons (Fsp3) is 0. The van der Waals surface area contributed by atoms with Crippen molar-refractivity contribution in [3.63, 3.8) is 0 Å². The maximum Gasteiger partial charge on any atom is 0.126 e. The second-order valence-electron chi connectivity index (χ2n) is 2.79. The van der Waals surface area contributed by atoms with E-state index in [1.165, 1.54) is 18.5 Å². The van der Waals surface area contributed by atoms with E-state index in [0.29, 0.717) is 11.1 Å². The summed E-state index contributed by atoms with van der Waals surface area (Å²) in [6.07, 6.45) is 4.50. The van der Waals surface area contributed by atoms with E-state index in [0.717, 1.165) is 6.07 Å². The van der Waals surface area contributed by atoms with Crippen LogP contribution >= 0.6 is 0 Å². The Morgan fingerprint density at radius 3 is 2.50 bits per heavy atom. The molecule has 0 spiro atoms. The van der Waals surface area contributed by atoms with E-state index in [9.17, 15) is 9.50 Å². The van der Waals surface area contributed by atoms with Gasteiger partial charge in [0.2, 0.25) is 0 Å². The topological polar surface area (TPSA) is 46.0 Å². The Balaban J connectivity index is 2.53. The van der Waals surface area contributed by atoms with E-state index in [1.54, 1.807) is 12.4 Å². The number of hydrogen-bond donors (Lipinski definition) is 1. The zero-order valence-electron chi connectivity index (χ0n) is 7.18. The van der Waals surface area contributed by atoms with Gasteiger partial charge in [-0.3, -0.25) is 0 Å². The summed E-state index contributed by atoms with van der Waals surface area (Å²) < 4.78 is 12.7. The van der Waals surface area contributed by atoms with Gasteiger partial charge < -0.3 is 5.11 Å². The summed E-state index contributed by atoms with van der Waals surface area (Å²) in [4.78, 5) is 7.62. The standard InChI is InChI=1S/C10H7FN2O/c11-8-1-2-9(10(14)3-8)7-4-12-6-13-5-7/h1-6,14H. The summed E-state index contributed by atoms with van der Waals surface area (Å²) >= 11 is 0. The van der Waals surface area contributed by atoms with Crippen molar-refractivity contribution >= 4 is 0 Å². The van der Waals surface area contributed by atoms with Crippen LogP contribution in [0.5, 0.6) is 5.75 Å². The first-order chi connectivity index (χ1) is 6.77. The first-order valence-corrected chi connectivity index (χ1v) is 4.01. The van der Waals surface area contributed by atoms with Gasteiger partial charge in [0.1, 0.15) is 17.9 Å². The average Bonchev–Trinajstić information content (AvgIpc) is 2.19. The number of hydrogen-bond acceptors (Lipinski definition) is 3. The molecule has 14 heavy (non-hydrogen) atoms. The van der Waals surface area contributed by atoms with E-state index in [2.05, 4.69) is 9.97 Å². The highest BCUT2D eigenvalue weighted by Crippen LogP contribution is 2.28. The lowest BCUT2D eigenvalue weighted by molar-refractivity contribution is 0.471. The second-order valence-corrected chi connectivity index (χ2v) is 2.79. The molecule has 0 aliphatic carbocycles. The summed E-state index contributed by atoms with van der Waals surface area (Å²) in [5.41, 5.74) is 1.18. The summed E-state index contributed by atoms with van der Waals surface area (Å²) in [6, 6.07) is 3.83. The van der Waals surface area contributed by atoms with Gasteiger partial charge in [-0.1, -0.05) is 0 Å². The lowest BCUT2D eigenvalue weighted by Gasteiger charge is -2.02. The van der Waals surface area contributed by atoms with Crippen LogP contribution in [0.25, 0.3) is 11.1 Å². The van der Waals surface area contributed by atoms with Gasteiger partial charge in [-0.05, 0) is 12.1 Å². The van der Waals surface area contributed by atoms with Crippen LogP contribution < -0.4 is 0 Å². The fourth-order valence-electron chi connectivity index (χ4n) is 1.19. The van der Waals surface area contributed by atoms with Crippen molar-refractivity contribution in [3.05, 3.63) is 42.7 Å². The highest BCUT2D eigenvalue weighted by Gasteiger charge is 2.04. The molecule has 0 saturated heterocycles. The molecule has 0 aliphatic heterocycles. The summed E-state index contributed by atoms with van der Waals surface area (Å²) in [6.45, 7) is 0. The second kappa shape index (κ2) is 3.41. The normalized spacial score (nSPS) is 10.1. The maximum atomic E-state index is 12.7. The SMILES string of the molecule is Oc1cc(F)ccc1-c1cncnc1. The number of aromatic hydroxyl groups is 1. The lowest BCUT2D eigenvalue weighted by atomic mass is 10.1. The molecule has 0 saturated carbocycles. The van der Waals surface area contributed by atoms with Gasteiger partial charge in [-0.25, -0.2) is 14.4 Å². The molecule has 0 atom stereocenters. The minimum atomic E-state index is -0.469. The average molecular weight is 190 g/mol. The van der Waals surface area contributed by atoms with Gasteiger partial charge in [0.25, 0.3) is 0 Å². The Kier molecular flexibility index (Phi) is 2.10. The largest absolute Gasteiger partial charge is 0.507 e. The zero-order chi connectivity index (χ0) is 9.97. The lowest BCUT2D eigenvalue weighted by Crippen LogP contribution is -1.83. The first-order valence-electron chi connectivity index (χ1n) is 4.01. The van der Waals surface area contributed by atoms with Crippen LogP contribution in [-0.2, 0) is 0 Å². The minimum absolute atomic E-state index is 0.111. The number of benzene rings is 1. The highest BCUT2D eigenvalue weighted by atomic mass is 19.1. The molecule has 0 amide bonds. The first kappa shape index (κ1) is 8.62. The van der Waals surface area contributed by atoms with Crippen molar-refractivity contribution in [1.82, 2.24) is 9.97 Å². The van der Waals surface area contributed by atoms with Crippen LogP contribution in [0.4, 0.5) is 4.39 Å². The zero-order valence-corrected chi connectivity index (χ0v) is 7.18. The van der Waals surface area contributed by atoms with Crippen molar-refractivity contribution in [2.45, 2.75) is 0 Å². The molecule has 70 valence electrons. The van der Waals surface area contributed by atoms with Gasteiger partial charge in [0.05, 0.1) is 0 Å². The number of phenols is 1. The van der Waals surface area contributed by atoms with E-state index >= 15 is 0 Å². The third-order valence-electron chi connectivity index (χ3n) is 1.83. The smallest absolute Gasteiger partial charge is 0.126 e. The predicted octanol–water partition coefficient (Wildman–Crippen LogP) is 1.99. The monoisotopic (exact) mass is 190 g/mol. The Hall–Kier alpha value is -1.97. The van der Waals surface area contributed by atoms with Gasteiger partial charge in [-0.15, -0.1) is 0 Å². The van der Waals surface area contributed by atoms with E-state index in [1.807, 2.05) is 0 Å². The minimum Gasteiger partial charge on any atom is -0.507 e. The van der Waals surface area contributed by atoms with Crippen LogP contribution in [0.3, 0.4) is 0 Å². The van der Waals surface area contributed by atoms with Crippen LogP contribution in [0.2, 0.25) is 0 Å². The number of halogens is 1. The number of nitrogens with zero attached hydrogens (tertiary/aromatic N) is 2. The Labute approximate surface area is 79.9 Å². The number of rotatable bonds is 1. The molecule has 0 aliphatic rings. The third-order valence-corrected chi connectivity index (χ3v) is 1.83. The van der Waals surface area contributed by atoms with Gasteiger partial charge >= 0.3 is 0 Å². The molecule has 0 unspecified atom stereocenters. The van der Waals surface area contributed by atoms with Crippen LogP contribution in [0, 0.1) is 5.82 Å². The third kappa shape index (κ3) is 1.54. The van der Waals surface area contributed by atoms with Crippen molar-refractivity contribution < 1.29 is 9.50 Å². The maximum absolute atomic E-state index is 12.7. The molecule has 2 aromatic rings. The summed E-state index contributed by atoms with van der Waals surface area (Å²) in [7, 11) is 0.